The number of ether oxygens (including phenoxy) is 2. The number of methoxy groups -OCH3 is 2. The first-order valence-electron chi connectivity index (χ1n) is 9.61. The Kier molecular flexibility index (Phi) is 5.15. The largest absolute Gasteiger partial charge is 0.469 e. The fourth-order valence-electron chi connectivity index (χ4n) is 4.63. The van der Waals surface area contributed by atoms with Gasteiger partial charge in [-0.05, 0) is 23.6 Å². The first kappa shape index (κ1) is 19.3. The quantitative estimate of drug-likeness (QED) is 0.596. The smallest absolute Gasteiger partial charge is 0.330 e. The van der Waals surface area contributed by atoms with Crippen LogP contribution in [-0.4, -0.2) is 54.3 Å². The highest BCUT2D eigenvalue weighted by atomic mass is 16.5. The van der Waals surface area contributed by atoms with E-state index in [0.29, 0.717) is 13.0 Å². The zero-order chi connectivity index (χ0) is 20.5. The lowest BCUT2D eigenvalue weighted by Gasteiger charge is -2.44. The van der Waals surface area contributed by atoms with E-state index < -0.39 is 11.9 Å². The molecule has 1 aromatic heterocycles. The number of carbonyl (C=O) groups excluding carboxylic acids is 2. The number of β-amino-alcohol motifs (C(OH)–C–C–N with tert-alkyl or cyclic N) is 1. The Labute approximate surface area is 168 Å². The normalized spacial score (nSPS) is 23.1. The molecule has 3 atom stereocenters. The number of fused-ring (bicyclic) bond motifs is 6. The minimum atomic E-state index is -0.479. The summed E-state index contributed by atoms with van der Waals surface area (Å²) >= 11 is 0. The monoisotopic (exact) mass is 396 g/mol. The summed E-state index contributed by atoms with van der Waals surface area (Å²) in [6.45, 7) is 0.451. The van der Waals surface area contributed by atoms with Crippen LogP contribution in [0.25, 0.3) is 10.9 Å². The van der Waals surface area contributed by atoms with E-state index in [2.05, 4.69) is 9.88 Å². The predicted molar refractivity (Wildman–Crippen MR) is 107 cm³/mol. The molecule has 1 aliphatic carbocycles. The zero-order valence-corrected chi connectivity index (χ0v) is 16.4. The number of benzene rings is 1. The Morgan fingerprint density at radius 2 is 2.07 bits per heavy atom. The number of nitrogens with one attached hydrogen (secondary N) is 1. The van der Waals surface area contributed by atoms with E-state index in [9.17, 15) is 14.7 Å². The lowest BCUT2D eigenvalue weighted by molar-refractivity contribution is -0.144. The van der Waals surface area contributed by atoms with Crippen molar-refractivity contribution in [2.24, 2.45) is 5.92 Å². The fourth-order valence-corrected chi connectivity index (χ4v) is 4.63. The molecular weight excluding hydrogens is 372 g/mol. The first-order valence-corrected chi connectivity index (χ1v) is 9.61. The molecule has 2 N–H and O–H groups in total. The summed E-state index contributed by atoms with van der Waals surface area (Å²) in [6, 6.07) is 7.91. The Morgan fingerprint density at radius 1 is 1.28 bits per heavy atom. The van der Waals surface area contributed by atoms with E-state index in [4.69, 9.17) is 9.47 Å². The van der Waals surface area contributed by atoms with Gasteiger partial charge in [0.05, 0.1) is 32.8 Å². The van der Waals surface area contributed by atoms with Crippen molar-refractivity contribution in [3.8, 4) is 0 Å². The average molecular weight is 396 g/mol. The molecule has 29 heavy (non-hydrogen) atoms. The first-order chi connectivity index (χ1) is 14.1. The summed E-state index contributed by atoms with van der Waals surface area (Å²) in [5.41, 5.74) is 3.73. The maximum absolute atomic E-state index is 12.9. The molecule has 7 nitrogen and oxygen atoms in total. The SMILES string of the molecule is COC(=O)/C=C/C1=CN(CCO)[C@@H]2C[C@H]1[C@@H](C(=O)OC)c1c2[nH]c2ccccc12. The molecule has 0 radical (unpaired) electrons. The van der Waals surface area contributed by atoms with E-state index in [1.807, 2.05) is 30.5 Å². The Morgan fingerprint density at radius 3 is 2.79 bits per heavy atom. The standard InChI is InChI=1S/C22H24N2O5/c1-28-18(26)8-7-13-12-24(9-10-25)17-11-15(13)20(22(27)29-2)19-14-5-3-4-6-16(14)23-21(17)19/h3-8,12,15,17,20,23,25H,9-11H2,1-2H3/b8-7+/t15-,17-,20-/m1/s1. The molecule has 4 rings (SSSR count). The number of nitrogens with zero attached hydrogens (tertiary/aromatic N) is 1. The van der Waals surface area contributed by atoms with Crippen LogP contribution in [0.5, 0.6) is 0 Å². The van der Waals surface area contributed by atoms with Crippen molar-refractivity contribution < 1.29 is 24.2 Å². The van der Waals surface area contributed by atoms with Crippen LogP contribution >= 0.6 is 0 Å². The topological polar surface area (TPSA) is 91.9 Å². The summed E-state index contributed by atoms with van der Waals surface area (Å²) in [4.78, 5) is 30.1. The van der Waals surface area contributed by atoms with Gasteiger partial charge in [0, 0.05) is 41.3 Å². The van der Waals surface area contributed by atoms with Gasteiger partial charge in [0.1, 0.15) is 0 Å². The molecule has 2 bridgehead atoms. The van der Waals surface area contributed by atoms with Crippen molar-refractivity contribution in [3.05, 3.63) is 59.4 Å². The number of aromatic amines is 1. The van der Waals surface area contributed by atoms with Crippen LogP contribution in [0.3, 0.4) is 0 Å². The summed E-state index contributed by atoms with van der Waals surface area (Å²) in [6.07, 6.45) is 5.67. The van der Waals surface area contributed by atoms with Crippen molar-refractivity contribution >= 4 is 22.8 Å². The highest BCUT2D eigenvalue weighted by Crippen LogP contribution is 2.52. The molecule has 152 valence electrons. The number of aromatic nitrogens is 1. The van der Waals surface area contributed by atoms with Gasteiger partial charge < -0.3 is 24.5 Å². The number of hydrogen-bond acceptors (Lipinski definition) is 6. The highest BCUT2D eigenvalue weighted by molar-refractivity contribution is 5.92. The highest BCUT2D eigenvalue weighted by Gasteiger charge is 2.46. The van der Waals surface area contributed by atoms with Gasteiger partial charge in [-0.15, -0.1) is 0 Å². The van der Waals surface area contributed by atoms with Gasteiger partial charge in [-0.25, -0.2) is 4.79 Å². The molecule has 0 spiro atoms. The van der Waals surface area contributed by atoms with Crippen molar-refractivity contribution in [3.63, 3.8) is 0 Å². The van der Waals surface area contributed by atoms with Crippen molar-refractivity contribution in [2.75, 3.05) is 27.4 Å². The number of aliphatic hydroxyl groups is 1. The van der Waals surface area contributed by atoms with Gasteiger partial charge in [0.25, 0.3) is 0 Å². The Bertz CT molecular complexity index is 1010. The molecule has 1 aliphatic heterocycles. The molecule has 0 amide bonds. The van der Waals surface area contributed by atoms with Crippen molar-refractivity contribution in [1.82, 2.24) is 9.88 Å². The van der Waals surface area contributed by atoms with Gasteiger partial charge in [0.15, 0.2) is 0 Å². The number of esters is 2. The third kappa shape index (κ3) is 3.21. The van der Waals surface area contributed by atoms with Crippen LogP contribution in [0.2, 0.25) is 0 Å². The molecule has 7 heteroatoms. The third-order valence-corrected chi connectivity index (χ3v) is 5.87. The second-order valence-corrected chi connectivity index (χ2v) is 7.30. The van der Waals surface area contributed by atoms with E-state index in [0.717, 1.165) is 27.7 Å². The van der Waals surface area contributed by atoms with Gasteiger partial charge in [-0.1, -0.05) is 24.3 Å². The molecule has 1 aromatic carbocycles. The molecule has 2 aromatic rings. The van der Waals surface area contributed by atoms with Crippen LogP contribution in [-0.2, 0) is 19.1 Å². The van der Waals surface area contributed by atoms with Gasteiger partial charge >= 0.3 is 11.9 Å². The molecular formula is C22H24N2O5. The maximum Gasteiger partial charge on any atom is 0.330 e. The van der Waals surface area contributed by atoms with Gasteiger partial charge in [0.2, 0.25) is 0 Å². The summed E-state index contributed by atoms with van der Waals surface area (Å²) in [5.74, 6) is -1.38. The van der Waals surface area contributed by atoms with E-state index in [1.54, 1.807) is 6.08 Å². The number of H-pyrrole nitrogens is 1. The number of aliphatic hydroxyl groups excluding tert-OH is 1. The molecule has 2 aliphatic rings. The third-order valence-electron chi connectivity index (χ3n) is 5.87. The zero-order valence-electron chi connectivity index (χ0n) is 16.4. The van der Waals surface area contributed by atoms with E-state index in [-0.39, 0.29) is 24.5 Å². The van der Waals surface area contributed by atoms with E-state index in [1.165, 1.54) is 20.3 Å². The second-order valence-electron chi connectivity index (χ2n) is 7.30. The number of hydrogen-bond donors (Lipinski definition) is 2. The van der Waals surface area contributed by atoms with E-state index >= 15 is 0 Å². The molecule has 0 saturated heterocycles. The van der Waals surface area contributed by atoms with Gasteiger partial charge in [-0.2, -0.15) is 0 Å². The summed E-state index contributed by atoms with van der Waals surface area (Å²) < 4.78 is 9.89. The lowest BCUT2D eigenvalue weighted by atomic mass is 9.69. The van der Waals surface area contributed by atoms with Crippen molar-refractivity contribution in [2.45, 2.75) is 18.4 Å². The van der Waals surface area contributed by atoms with Crippen LogP contribution < -0.4 is 0 Å². The number of rotatable bonds is 5. The van der Waals surface area contributed by atoms with Crippen LogP contribution in [0.4, 0.5) is 0 Å². The predicted octanol–water partition coefficient (Wildman–Crippen LogP) is 2.41. The molecule has 2 heterocycles. The number of allylic oxidation sites excluding steroid dienone is 2. The van der Waals surface area contributed by atoms with Crippen LogP contribution in [0.15, 0.2) is 48.2 Å². The van der Waals surface area contributed by atoms with Crippen LogP contribution in [0.1, 0.15) is 29.6 Å². The maximum atomic E-state index is 12.9. The Hall–Kier alpha value is -3.06. The molecule has 0 unspecified atom stereocenters. The number of para-hydroxylation sites is 1. The minimum absolute atomic E-state index is 0.00164. The molecule has 0 saturated carbocycles. The summed E-state index contributed by atoms with van der Waals surface area (Å²) in [5, 5.41) is 10.6. The summed E-state index contributed by atoms with van der Waals surface area (Å²) in [7, 11) is 2.73. The van der Waals surface area contributed by atoms with Crippen LogP contribution in [0, 0.1) is 5.92 Å². The average Bonchev–Trinajstić information content (AvgIpc) is 3.13. The van der Waals surface area contributed by atoms with Gasteiger partial charge in [-0.3, -0.25) is 4.79 Å². The second kappa shape index (κ2) is 7.75. The molecule has 0 fully saturated rings. The number of carbonyl (C=O) groups is 2. The fraction of sp³-hybridized carbons (Fsp3) is 0.364. The Balaban J connectivity index is 1.89. The lowest BCUT2D eigenvalue weighted by Crippen LogP contribution is -2.41. The van der Waals surface area contributed by atoms with Crippen molar-refractivity contribution in [1.29, 1.82) is 0 Å². The minimum Gasteiger partial charge on any atom is -0.469 e.